The van der Waals surface area contributed by atoms with Crippen LogP contribution in [-0.4, -0.2) is 38.2 Å². The van der Waals surface area contributed by atoms with Crippen molar-refractivity contribution in [3.05, 3.63) is 77.3 Å². The van der Waals surface area contributed by atoms with Gasteiger partial charge in [-0.05, 0) is 74.4 Å². The van der Waals surface area contributed by atoms with E-state index in [-0.39, 0.29) is 25.0 Å². The summed E-state index contributed by atoms with van der Waals surface area (Å²) in [7, 11) is 0. The highest BCUT2D eigenvalue weighted by molar-refractivity contribution is 6.30. The van der Waals surface area contributed by atoms with Gasteiger partial charge in [0.2, 0.25) is 0 Å². The summed E-state index contributed by atoms with van der Waals surface area (Å²) in [6.07, 6.45) is 1.52. The number of ether oxygens (including phenoxy) is 3. The van der Waals surface area contributed by atoms with Gasteiger partial charge in [0, 0.05) is 17.3 Å². The number of carbonyl (C=O) groups excluding carboxylic acids is 2. The zero-order valence-corrected chi connectivity index (χ0v) is 20.2. The molecule has 0 atom stereocenters. The van der Waals surface area contributed by atoms with Gasteiger partial charge in [0.1, 0.15) is 17.2 Å². The van der Waals surface area contributed by atoms with Crippen LogP contribution in [0.15, 0.2) is 66.7 Å². The quantitative estimate of drug-likeness (QED) is 0.389. The van der Waals surface area contributed by atoms with Gasteiger partial charge in [-0.2, -0.15) is 0 Å². The summed E-state index contributed by atoms with van der Waals surface area (Å²) < 4.78 is 16.8. The monoisotopic (exact) mass is 494 g/mol. The van der Waals surface area contributed by atoms with Gasteiger partial charge in [-0.25, -0.2) is 0 Å². The molecule has 0 aliphatic carbocycles. The van der Waals surface area contributed by atoms with E-state index < -0.39 is 0 Å². The highest BCUT2D eigenvalue weighted by Crippen LogP contribution is 2.34. The number of fused-ring (bicyclic) bond motifs is 1. The molecule has 0 radical (unpaired) electrons. The Kier molecular flexibility index (Phi) is 8.11. The third kappa shape index (κ3) is 6.90. The number of nitrogens with one attached hydrogen (secondary N) is 1. The van der Waals surface area contributed by atoms with E-state index in [0.29, 0.717) is 41.0 Å². The molecule has 1 aliphatic rings. The Labute approximate surface area is 209 Å². The SMILES string of the molecule is Cc1ccc(OCC(=O)Nc2ccc3c(c2)N(CCCCOc2ccc(Cl)cc2)C(=O)CO3)cc1. The maximum Gasteiger partial charge on any atom is 0.265 e. The first-order valence-corrected chi connectivity index (χ1v) is 11.8. The molecular weight excluding hydrogens is 468 g/mol. The first-order valence-electron chi connectivity index (χ1n) is 11.4. The zero-order valence-electron chi connectivity index (χ0n) is 19.5. The van der Waals surface area contributed by atoms with Crippen LogP contribution < -0.4 is 24.4 Å². The van der Waals surface area contributed by atoms with Crippen LogP contribution in [0.4, 0.5) is 11.4 Å². The van der Waals surface area contributed by atoms with Crippen LogP contribution in [0.25, 0.3) is 0 Å². The summed E-state index contributed by atoms with van der Waals surface area (Å²) in [5.41, 5.74) is 2.32. The van der Waals surface area contributed by atoms with Gasteiger partial charge in [0.05, 0.1) is 12.3 Å². The van der Waals surface area contributed by atoms with Crippen LogP contribution in [0.5, 0.6) is 17.2 Å². The first kappa shape index (κ1) is 24.4. The second kappa shape index (κ2) is 11.6. The molecule has 8 heteroatoms. The van der Waals surface area contributed by atoms with Crippen LogP contribution in [0.2, 0.25) is 5.02 Å². The van der Waals surface area contributed by atoms with Gasteiger partial charge in [-0.15, -0.1) is 0 Å². The minimum Gasteiger partial charge on any atom is -0.494 e. The van der Waals surface area contributed by atoms with E-state index >= 15 is 0 Å². The molecule has 0 aromatic heterocycles. The molecule has 0 bridgehead atoms. The lowest BCUT2D eigenvalue weighted by atomic mass is 10.2. The number of halogens is 1. The maximum atomic E-state index is 12.5. The molecule has 35 heavy (non-hydrogen) atoms. The topological polar surface area (TPSA) is 77.1 Å². The number of benzene rings is 3. The Bertz CT molecular complexity index is 1170. The Morgan fingerprint density at radius 3 is 2.49 bits per heavy atom. The Morgan fingerprint density at radius 1 is 1.00 bits per heavy atom. The smallest absolute Gasteiger partial charge is 0.265 e. The average molecular weight is 495 g/mol. The van der Waals surface area contributed by atoms with Gasteiger partial charge in [0.15, 0.2) is 13.2 Å². The van der Waals surface area contributed by atoms with Crippen molar-refractivity contribution in [1.82, 2.24) is 0 Å². The number of unbranched alkanes of at least 4 members (excludes halogenated alkanes) is 1. The number of nitrogens with zero attached hydrogens (tertiary/aromatic N) is 1. The van der Waals surface area contributed by atoms with E-state index in [4.69, 9.17) is 25.8 Å². The summed E-state index contributed by atoms with van der Waals surface area (Å²) in [4.78, 5) is 26.6. The standard InChI is InChI=1S/C27H27ClN2O5/c1-19-4-9-23(10-5-19)34-17-26(31)29-21-8-13-25-24(16-21)30(27(32)18-35-25)14-2-3-15-33-22-11-6-20(28)7-12-22/h4-13,16H,2-3,14-15,17-18H2,1H3,(H,29,31). The van der Waals surface area contributed by atoms with E-state index in [1.807, 2.05) is 43.3 Å². The highest BCUT2D eigenvalue weighted by Gasteiger charge is 2.25. The van der Waals surface area contributed by atoms with Gasteiger partial charge >= 0.3 is 0 Å². The fourth-order valence-electron chi connectivity index (χ4n) is 3.60. The molecule has 3 aromatic carbocycles. The van der Waals surface area contributed by atoms with Crippen molar-refractivity contribution in [3.8, 4) is 17.2 Å². The third-order valence-electron chi connectivity index (χ3n) is 5.44. The molecule has 7 nitrogen and oxygen atoms in total. The largest absolute Gasteiger partial charge is 0.494 e. The van der Waals surface area contributed by atoms with Gasteiger partial charge in [-0.3, -0.25) is 9.59 Å². The van der Waals surface area contributed by atoms with Gasteiger partial charge in [0.25, 0.3) is 11.8 Å². The first-order chi connectivity index (χ1) is 17.0. The van der Waals surface area contributed by atoms with Crippen molar-refractivity contribution in [2.75, 3.05) is 36.6 Å². The van der Waals surface area contributed by atoms with Crippen molar-refractivity contribution in [2.45, 2.75) is 19.8 Å². The van der Waals surface area contributed by atoms with Crippen molar-refractivity contribution >= 4 is 34.8 Å². The molecule has 1 N–H and O–H groups in total. The fraction of sp³-hybridized carbons (Fsp3) is 0.259. The molecule has 0 fully saturated rings. The number of rotatable bonds is 10. The third-order valence-corrected chi connectivity index (χ3v) is 5.69. The lowest BCUT2D eigenvalue weighted by Crippen LogP contribution is -2.39. The molecule has 1 heterocycles. The van der Waals surface area contributed by atoms with Crippen molar-refractivity contribution < 1.29 is 23.8 Å². The van der Waals surface area contributed by atoms with Crippen molar-refractivity contribution in [3.63, 3.8) is 0 Å². The molecular formula is C27H27ClN2O5. The Hall–Kier alpha value is -3.71. The molecule has 182 valence electrons. The summed E-state index contributed by atoms with van der Waals surface area (Å²) in [5.74, 6) is 1.58. The number of hydrogen-bond donors (Lipinski definition) is 1. The molecule has 4 rings (SSSR count). The van der Waals surface area contributed by atoms with E-state index in [0.717, 1.165) is 24.2 Å². The van der Waals surface area contributed by atoms with Crippen molar-refractivity contribution in [1.29, 1.82) is 0 Å². The van der Waals surface area contributed by atoms with E-state index in [2.05, 4.69) is 5.32 Å². The van der Waals surface area contributed by atoms with Crippen LogP contribution >= 0.6 is 11.6 Å². The highest BCUT2D eigenvalue weighted by atomic mass is 35.5. The number of carbonyl (C=O) groups is 2. The van der Waals surface area contributed by atoms with Crippen LogP contribution in [0, 0.1) is 6.92 Å². The molecule has 0 spiro atoms. The predicted octanol–water partition coefficient (Wildman–Crippen LogP) is 5.25. The summed E-state index contributed by atoms with van der Waals surface area (Å²) in [5, 5.41) is 3.48. The number of anilines is 2. The maximum absolute atomic E-state index is 12.5. The fourth-order valence-corrected chi connectivity index (χ4v) is 3.72. The van der Waals surface area contributed by atoms with Crippen molar-refractivity contribution in [2.24, 2.45) is 0 Å². The van der Waals surface area contributed by atoms with E-state index in [9.17, 15) is 9.59 Å². The normalized spacial score (nSPS) is 12.5. The van der Waals surface area contributed by atoms with Gasteiger partial charge < -0.3 is 24.4 Å². The lowest BCUT2D eigenvalue weighted by molar-refractivity contribution is -0.121. The number of hydrogen-bond acceptors (Lipinski definition) is 5. The van der Waals surface area contributed by atoms with Crippen LogP contribution in [0.3, 0.4) is 0 Å². The predicted molar refractivity (Wildman–Crippen MR) is 136 cm³/mol. The lowest BCUT2D eigenvalue weighted by Gasteiger charge is -2.30. The number of amides is 2. The average Bonchev–Trinajstić information content (AvgIpc) is 2.86. The molecule has 1 aliphatic heterocycles. The second-order valence-electron chi connectivity index (χ2n) is 8.18. The second-order valence-corrected chi connectivity index (χ2v) is 8.61. The Balaban J connectivity index is 1.30. The minimum atomic E-state index is -0.292. The van der Waals surface area contributed by atoms with E-state index in [1.165, 1.54) is 0 Å². The number of aryl methyl sites for hydroxylation is 1. The summed E-state index contributed by atoms with van der Waals surface area (Å²) in [6, 6.07) is 20.0. The molecule has 3 aromatic rings. The molecule has 2 amide bonds. The summed E-state index contributed by atoms with van der Waals surface area (Å²) in [6.45, 7) is 2.91. The van der Waals surface area contributed by atoms with Crippen LogP contribution in [-0.2, 0) is 9.59 Å². The van der Waals surface area contributed by atoms with Crippen LogP contribution in [0.1, 0.15) is 18.4 Å². The van der Waals surface area contributed by atoms with Gasteiger partial charge in [-0.1, -0.05) is 29.3 Å². The molecule has 0 unspecified atom stereocenters. The van der Waals surface area contributed by atoms with E-state index in [1.54, 1.807) is 35.2 Å². The molecule has 0 saturated carbocycles. The zero-order chi connectivity index (χ0) is 24.6. The minimum absolute atomic E-state index is 0.00955. The Morgan fingerprint density at radius 2 is 1.71 bits per heavy atom. The molecule has 0 saturated heterocycles. The summed E-state index contributed by atoms with van der Waals surface area (Å²) >= 11 is 5.89.